The van der Waals surface area contributed by atoms with Gasteiger partial charge in [0.05, 0.1) is 10.4 Å². The highest BCUT2D eigenvalue weighted by molar-refractivity contribution is 7.11. The molecule has 5 heteroatoms. The summed E-state index contributed by atoms with van der Waals surface area (Å²) in [7, 11) is 0. The molecule has 0 unspecified atom stereocenters. The van der Waals surface area contributed by atoms with E-state index in [1.807, 2.05) is 20.0 Å². The number of nitrogens with two attached hydrogens (primary N) is 1. The van der Waals surface area contributed by atoms with Gasteiger partial charge in [-0.25, -0.2) is 4.98 Å². The van der Waals surface area contributed by atoms with Crippen molar-refractivity contribution in [2.45, 2.75) is 46.5 Å². The molecule has 1 aromatic heterocycles. The number of hydrogen-bond donors (Lipinski definition) is 2. The Morgan fingerprint density at radius 3 is 2.58 bits per heavy atom. The van der Waals surface area contributed by atoms with Crippen molar-refractivity contribution in [2.75, 3.05) is 13.1 Å². The van der Waals surface area contributed by atoms with Crippen LogP contribution in [0.25, 0.3) is 0 Å². The summed E-state index contributed by atoms with van der Waals surface area (Å²) in [6, 6.07) is 0. The molecule has 0 saturated heterocycles. The summed E-state index contributed by atoms with van der Waals surface area (Å²) < 4.78 is 0. The first-order chi connectivity index (χ1) is 9.11. The molecular formula is C14H25N3OS. The van der Waals surface area contributed by atoms with Gasteiger partial charge in [-0.2, -0.15) is 0 Å². The highest BCUT2D eigenvalue weighted by atomic mass is 32.1. The van der Waals surface area contributed by atoms with Gasteiger partial charge in [0, 0.05) is 30.6 Å². The maximum atomic E-state index is 12.2. The molecule has 1 heterocycles. The summed E-state index contributed by atoms with van der Waals surface area (Å²) in [4.78, 5) is 17.8. The van der Waals surface area contributed by atoms with Crippen molar-refractivity contribution >= 4 is 17.2 Å². The second-order valence-corrected chi connectivity index (χ2v) is 5.97. The summed E-state index contributed by atoms with van der Waals surface area (Å²) in [6.07, 6.45) is 5.30. The zero-order valence-electron chi connectivity index (χ0n) is 12.2. The lowest BCUT2D eigenvalue weighted by atomic mass is 9.81. The van der Waals surface area contributed by atoms with Gasteiger partial charge in [0.1, 0.15) is 0 Å². The molecule has 0 aliphatic rings. The molecular weight excluding hydrogens is 258 g/mol. The van der Waals surface area contributed by atoms with Crippen LogP contribution in [0.4, 0.5) is 0 Å². The van der Waals surface area contributed by atoms with Crippen molar-refractivity contribution < 1.29 is 4.79 Å². The zero-order chi connectivity index (χ0) is 14.3. The van der Waals surface area contributed by atoms with Gasteiger partial charge in [-0.15, -0.1) is 11.3 Å². The number of amides is 1. The molecule has 1 aromatic rings. The SMILES string of the molecule is CCc1cnc(CCNC(=O)C(CC)(CC)CN)s1. The maximum absolute atomic E-state index is 12.2. The summed E-state index contributed by atoms with van der Waals surface area (Å²) >= 11 is 1.72. The van der Waals surface area contributed by atoms with Gasteiger partial charge in [0.2, 0.25) is 5.91 Å². The van der Waals surface area contributed by atoms with Crippen LogP contribution in [0, 0.1) is 5.41 Å². The molecule has 0 radical (unpaired) electrons. The topological polar surface area (TPSA) is 68.0 Å². The van der Waals surface area contributed by atoms with E-state index in [0.717, 1.165) is 30.7 Å². The summed E-state index contributed by atoms with van der Waals surface area (Å²) in [5, 5.41) is 4.09. The zero-order valence-corrected chi connectivity index (χ0v) is 13.0. The largest absolute Gasteiger partial charge is 0.355 e. The molecule has 0 aromatic carbocycles. The molecule has 0 aliphatic heterocycles. The van der Waals surface area contributed by atoms with Crippen molar-refractivity contribution in [3.63, 3.8) is 0 Å². The molecule has 1 amide bonds. The number of rotatable bonds is 8. The van der Waals surface area contributed by atoms with E-state index in [0.29, 0.717) is 13.1 Å². The number of nitrogens with one attached hydrogen (secondary N) is 1. The fourth-order valence-electron chi connectivity index (χ4n) is 2.05. The third kappa shape index (κ3) is 4.01. The van der Waals surface area contributed by atoms with E-state index >= 15 is 0 Å². The summed E-state index contributed by atoms with van der Waals surface area (Å²) in [5.41, 5.74) is 5.36. The highest BCUT2D eigenvalue weighted by Gasteiger charge is 2.32. The molecule has 0 fully saturated rings. The summed E-state index contributed by atoms with van der Waals surface area (Å²) in [5.74, 6) is 0.0762. The Balaban J connectivity index is 2.45. The van der Waals surface area contributed by atoms with Gasteiger partial charge >= 0.3 is 0 Å². The smallest absolute Gasteiger partial charge is 0.227 e. The van der Waals surface area contributed by atoms with E-state index in [4.69, 9.17) is 5.73 Å². The van der Waals surface area contributed by atoms with Gasteiger partial charge in [-0.05, 0) is 19.3 Å². The van der Waals surface area contributed by atoms with Crippen molar-refractivity contribution in [3.05, 3.63) is 16.1 Å². The average molecular weight is 283 g/mol. The molecule has 4 nitrogen and oxygen atoms in total. The normalized spacial score (nSPS) is 11.6. The van der Waals surface area contributed by atoms with Crippen molar-refractivity contribution in [1.82, 2.24) is 10.3 Å². The molecule has 108 valence electrons. The van der Waals surface area contributed by atoms with Crippen LogP contribution in [0.5, 0.6) is 0 Å². The van der Waals surface area contributed by atoms with E-state index in [1.165, 1.54) is 4.88 Å². The van der Waals surface area contributed by atoms with E-state index in [2.05, 4.69) is 17.2 Å². The minimum Gasteiger partial charge on any atom is -0.355 e. The van der Waals surface area contributed by atoms with E-state index in [9.17, 15) is 4.79 Å². The van der Waals surface area contributed by atoms with Crippen LogP contribution >= 0.6 is 11.3 Å². The Hall–Kier alpha value is -0.940. The van der Waals surface area contributed by atoms with Crippen LogP contribution < -0.4 is 11.1 Å². The van der Waals surface area contributed by atoms with Gasteiger partial charge in [-0.1, -0.05) is 20.8 Å². The fourth-order valence-corrected chi connectivity index (χ4v) is 2.91. The fraction of sp³-hybridized carbons (Fsp3) is 0.714. The minimum atomic E-state index is -0.405. The van der Waals surface area contributed by atoms with Crippen LogP contribution in [-0.4, -0.2) is 24.0 Å². The van der Waals surface area contributed by atoms with Gasteiger partial charge in [-0.3, -0.25) is 4.79 Å². The minimum absolute atomic E-state index is 0.0762. The van der Waals surface area contributed by atoms with Crippen LogP contribution in [0.3, 0.4) is 0 Å². The lowest BCUT2D eigenvalue weighted by Crippen LogP contribution is -2.45. The Kier molecular flexibility index (Phi) is 6.45. The number of hydrogen-bond acceptors (Lipinski definition) is 4. The highest BCUT2D eigenvalue weighted by Crippen LogP contribution is 2.24. The predicted molar refractivity (Wildman–Crippen MR) is 80.3 cm³/mol. The first kappa shape index (κ1) is 16.1. The Morgan fingerprint density at radius 2 is 2.11 bits per heavy atom. The third-order valence-corrected chi connectivity index (χ3v) is 5.00. The quantitative estimate of drug-likeness (QED) is 0.768. The second-order valence-electron chi connectivity index (χ2n) is 4.77. The van der Waals surface area contributed by atoms with Crippen molar-refractivity contribution in [1.29, 1.82) is 0 Å². The van der Waals surface area contributed by atoms with Crippen molar-refractivity contribution in [3.8, 4) is 0 Å². The molecule has 1 rings (SSSR count). The van der Waals surface area contributed by atoms with Crippen LogP contribution in [0.15, 0.2) is 6.20 Å². The van der Waals surface area contributed by atoms with Crippen LogP contribution in [0.1, 0.15) is 43.5 Å². The van der Waals surface area contributed by atoms with E-state index in [-0.39, 0.29) is 5.91 Å². The molecule has 19 heavy (non-hydrogen) atoms. The van der Waals surface area contributed by atoms with Crippen LogP contribution in [0.2, 0.25) is 0 Å². The molecule has 0 bridgehead atoms. The van der Waals surface area contributed by atoms with Gasteiger partial charge in [0.15, 0.2) is 0 Å². The number of aryl methyl sites for hydroxylation is 1. The Labute approximate surface area is 119 Å². The van der Waals surface area contributed by atoms with Gasteiger partial charge in [0.25, 0.3) is 0 Å². The van der Waals surface area contributed by atoms with E-state index in [1.54, 1.807) is 11.3 Å². The van der Waals surface area contributed by atoms with Gasteiger partial charge < -0.3 is 11.1 Å². The predicted octanol–water partition coefficient (Wildman–Crippen LogP) is 2.13. The molecule has 0 aliphatic carbocycles. The number of nitrogens with zero attached hydrogens (tertiary/aromatic N) is 1. The Morgan fingerprint density at radius 1 is 1.42 bits per heavy atom. The standard InChI is InChI=1S/C14H25N3OS/c1-4-11-9-17-12(19-11)7-8-16-13(18)14(5-2,6-3)10-15/h9H,4-8,10,15H2,1-3H3,(H,16,18). The first-order valence-electron chi connectivity index (χ1n) is 7.03. The molecule has 0 spiro atoms. The second kappa shape index (κ2) is 7.60. The number of thiazole rings is 1. The maximum Gasteiger partial charge on any atom is 0.227 e. The summed E-state index contributed by atoms with van der Waals surface area (Å²) in [6.45, 7) is 7.20. The van der Waals surface area contributed by atoms with Crippen LogP contribution in [-0.2, 0) is 17.6 Å². The lowest BCUT2D eigenvalue weighted by Gasteiger charge is -2.28. The monoisotopic (exact) mass is 283 g/mol. The number of aromatic nitrogens is 1. The average Bonchev–Trinajstić information content (AvgIpc) is 2.89. The molecule has 0 saturated carbocycles. The van der Waals surface area contributed by atoms with E-state index < -0.39 is 5.41 Å². The molecule has 3 N–H and O–H groups in total. The van der Waals surface area contributed by atoms with Crippen molar-refractivity contribution in [2.24, 2.45) is 11.1 Å². The number of carbonyl (C=O) groups is 1. The first-order valence-corrected chi connectivity index (χ1v) is 7.85. The number of carbonyl (C=O) groups excluding carboxylic acids is 1. The Bertz CT molecular complexity index is 391. The molecule has 0 atom stereocenters. The third-order valence-electron chi connectivity index (χ3n) is 3.80. The lowest BCUT2D eigenvalue weighted by molar-refractivity contribution is -0.131.